The van der Waals surface area contributed by atoms with Gasteiger partial charge in [-0.25, -0.2) is 0 Å². The summed E-state index contributed by atoms with van der Waals surface area (Å²) < 4.78 is 11.8. The normalized spacial score (nSPS) is 11.4. The predicted molar refractivity (Wildman–Crippen MR) is 159 cm³/mol. The molecule has 0 saturated heterocycles. The molecule has 0 aliphatic rings. The van der Waals surface area contributed by atoms with Crippen LogP contribution in [0.1, 0.15) is 55.5 Å². The third-order valence-corrected chi connectivity index (χ3v) is 7.53. The first kappa shape index (κ1) is 28.3. The zero-order valence-electron chi connectivity index (χ0n) is 23.7. The third-order valence-electron chi connectivity index (χ3n) is 6.51. The van der Waals surface area contributed by atoms with E-state index < -0.39 is 0 Å². The third kappa shape index (κ3) is 7.04. The summed E-state index contributed by atoms with van der Waals surface area (Å²) >= 11 is 1.61. The monoisotopic (exact) mass is 540 g/mol. The molecule has 0 spiro atoms. The number of carbonyl (C=O) groups excluding carboxylic acids is 1. The highest BCUT2D eigenvalue weighted by Crippen LogP contribution is 2.38. The second-order valence-corrected chi connectivity index (χ2v) is 12.1. The van der Waals surface area contributed by atoms with E-state index in [9.17, 15) is 9.90 Å². The van der Waals surface area contributed by atoms with E-state index in [1.54, 1.807) is 23.9 Å². The number of aromatic hydroxyl groups is 1. The molecule has 4 rings (SSSR count). The summed E-state index contributed by atoms with van der Waals surface area (Å²) in [5.74, 6) is 1.31. The summed E-state index contributed by atoms with van der Waals surface area (Å²) in [5, 5.41) is 9.51. The number of phenolic OH excluding ortho intramolecular Hbond substituents is 1. The van der Waals surface area contributed by atoms with E-state index in [0.717, 1.165) is 32.0 Å². The van der Waals surface area contributed by atoms with Gasteiger partial charge in [0.25, 0.3) is 0 Å². The Morgan fingerprint density at radius 2 is 1.31 bits per heavy atom. The quantitative estimate of drug-likeness (QED) is 0.237. The largest absolute Gasteiger partial charge is 0.508 e. The fraction of sp³-hybridized carbons (Fsp3) is 0.265. The Balaban J connectivity index is 1.64. The number of ether oxygens (including phenoxy) is 2. The molecule has 0 aliphatic heterocycles. The van der Waals surface area contributed by atoms with Crippen molar-refractivity contribution < 1.29 is 19.4 Å². The molecule has 4 aromatic rings. The van der Waals surface area contributed by atoms with Gasteiger partial charge in [-0.2, -0.15) is 0 Å². The molecule has 0 heterocycles. The minimum Gasteiger partial charge on any atom is -0.508 e. The van der Waals surface area contributed by atoms with Gasteiger partial charge in [-0.3, -0.25) is 4.79 Å². The number of hydrogen-bond donors (Lipinski definition) is 1. The first-order valence-electron chi connectivity index (χ1n) is 13.0. The molecule has 0 unspecified atom stereocenters. The van der Waals surface area contributed by atoms with E-state index >= 15 is 0 Å². The van der Waals surface area contributed by atoms with Crippen LogP contribution in [0.5, 0.6) is 17.2 Å². The summed E-state index contributed by atoms with van der Waals surface area (Å²) in [7, 11) is 0. The van der Waals surface area contributed by atoms with Crippen LogP contribution in [0.2, 0.25) is 0 Å². The van der Waals surface area contributed by atoms with Gasteiger partial charge in [-0.05, 0) is 120 Å². The number of esters is 1. The summed E-state index contributed by atoms with van der Waals surface area (Å²) in [6.07, 6.45) is 0. The van der Waals surface area contributed by atoms with Gasteiger partial charge < -0.3 is 14.6 Å². The zero-order valence-corrected chi connectivity index (χ0v) is 24.5. The minimum atomic E-state index is -0.333. The molecular formula is C34H36O4S. The fourth-order valence-electron chi connectivity index (χ4n) is 5.10. The maximum Gasteiger partial charge on any atom is 0.302 e. The lowest BCUT2D eigenvalue weighted by Crippen LogP contribution is -2.15. The van der Waals surface area contributed by atoms with Gasteiger partial charge in [0, 0.05) is 22.3 Å². The second kappa shape index (κ2) is 11.6. The topological polar surface area (TPSA) is 55.8 Å². The Morgan fingerprint density at radius 1 is 0.795 bits per heavy atom. The standard InChI is InChI=1S/C34H36O4S/c1-21-16-25(17-22(2)32(21)34(5,6)7)26-18-23(3)33(27(19-26)20-37-24(4)35)38-29-10-14-31(15-11-29)39-30-12-8-28(36)9-13-30/h8-19,36H,20H2,1-7H3. The van der Waals surface area contributed by atoms with E-state index in [-0.39, 0.29) is 23.7 Å². The predicted octanol–water partition coefficient (Wildman–Crippen LogP) is 9.29. The van der Waals surface area contributed by atoms with Crippen LogP contribution in [0.3, 0.4) is 0 Å². The van der Waals surface area contributed by atoms with E-state index in [0.29, 0.717) is 11.5 Å². The van der Waals surface area contributed by atoms with Crippen molar-refractivity contribution in [3.05, 3.63) is 101 Å². The van der Waals surface area contributed by atoms with Gasteiger partial charge >= 0.3 is 5.97 Å². The van der Waals surface area contributed by atoms with E-state index in [1.807, 2.05) is 43.3 Å². The first-order chi connectivity index (χ1) is 18.4. The summed E-state index contributed by atoms with van der Waals surface area (Å²) in [6.45, 7) is 14.6. The van der Waals surface area contributed by atoms with Crippen LogP contribution in [-0.2, 0) is 21.6 Å². The molecule has 0 atom stereocenters. The van der Waals surface area contributed by atoms with Crippen molar-refractivity contribution in [2.75, 3.05) is 0 Å². The zero-order chi connectivity index (χ0) is 28.3. The maximum atomic E-state index is 11.7. The number of carbonyl (C=O) groups is 1. The van der Waals surface area contributed by atoms with Crippen LogP contribution < -0.4 is 4.74 Å². The van der Waals surface area contributed by atoms with Gasteiger partial charge in [-0.1, -0.05) is 44.7 Å². The van der Waals surface area contributed by atoms with Crippen molar-refractivity contribution in [3.8, 4) is 28.4 Å². The van der Waals surface area contributed by atoms with Gasteiger partial charge in [0.05, 0.1) is 0 Å². The molecule has 0 aliphatic carbocycles. The van der Waals surface area contributed by atoms with E-state index in [2.05, 4.69) is 58.9 Å². The molecule has 5 heteroatoms. The first-order valence-corrected chi connectivity index (χ1v) is 13.9. The molecule has 39 heavy (non-hydrogen) atoms. The molecule has 1 N–H and O–H groups in total. The number of rotatable bonds is 7. The van der Waals surface area contributed by atoms with Gasteiger partial charge in [0.15, 0.2) is 0 Å². The Bertz CT molecular complexity index is 1460. The minimum absolute atomic E-state index is 0.0684. The van der Waals surface area contributed by atoms with Crippen LogP contribution in [0.15, 0.2) is 82.6 Å². The van der Waals surface area contributed by atoms with Crippen molar-refractivity contribution in [2.45, 2.75) is 70.3 Å². The Labute approximate surface area is 236 Å². The van der Waals surface area contributed by atoms with Gasteiger partial charge in [0.2, 0.25) is 0 Å². The van der Waals surface area contributed by atoms with Crippen molar-refractivity contribution in [3.63, 3.8) is 0 Å². The maximum absolute atomic E-state index is 11.7. The molecule has 0 saturated carbocycles. The van der Waals surface area contributed by atoms with Crippen LogP contribution in [0.25, 0.3) is 11.1 Å². The summed E-state index contributed by atoms with van der Waals surface area (Å²) in [4.78, 5) is 13.8. The van der Waals surface area contributed by atoms with Crippen molar-refractivity contribution in [1.82, 2.24) is 0 Å². The lowest BCUT2D eigenvalue weighted by Gasteiger charge is -2.25. The lowest BCUT2D eigenvalue weighted by atomic mass is 9.80. The highest BCUT2D eigenvalue weighted by molar-refractivity contribution is 7.99. The van der Waals surface area contributed by atoms with Crippen LogP contribution in [0, 0.1) is 20.8 Å². The van der Waals surface area contributed by atoms with Crippen LogP contribution in [-0.4, -0.2) is 11.1 Å². The van der Waals surface area contributed by atoms with Crippen molar-refractivity contribution >= 4 is 17.7 Å². The highest BCUT2D eigenvalue weighted by atomic mass is 32.2. The van der Waals surface area contributed by atoms with E-state index in [4.69, 9.17) is 9.47 Å². The average molecular weight is 541 g/mol. The Kier molecular flexibility index (Phi) is 8.41. The Morgan fingerprint density at radius 3 is 1.85 bits per heavy atom. The summed E-state index contributed by atoms with van der Waals surface area (Å²) in [5.41, 5.74) is 7.95. The number of hydrogen-bond acceptors (Lipinski definition) is 5. The molecule has 202 valence electrons. The highest BCUT2D eigenvalue weighted by Gasteiger charge is 2.20. The number of aryl methyl sites for hydroxylation is 3. The van der Waals surface area contributed by atoms with Gasteiger partial charge in [-0.15, -0.1) is 0 Å². The number of benzene rings is 4. The van der Waals surface area contributed by atoms with Crippen molar-refractivity contribution in [2.24, 2.45) is 0 Å². The molecule has 0 fully saturated rings. The molecule has 4 nitrogen and oxygen atoms in total. The SMILES string of the molecule is CC(=O)OCc1cc(-c2cc(C)c(C(C)(C)C)c(C)c2)cc(C)c1Oc1ccc(Sc2ccc(O)cc2)cc1. The lowest BCUT2D eigenvalue weighted by molar-refractivity contribution is -0.142. The van der Waals surface area contributed by atoms with Crippen LogP contribution in [0.4, 0.5) is 0 Å². The smallest absolute Gasteiger partial charge is 0.302 e. The fourth-order valence-corrected chi connectivity index (χ4v) is 5.92. The molecule has 4 aromatic carbocycles. The van der Waals surface area contributed by atoms with Crippen molar-refractivity contribution in [1.29, 1.82) is 0 Å². The molecule has 0 bridgehead atoms. The van der Waals surface area contributed by atoms with E-state index in [1.165, 1.54) is 23.6 Å². The average Bonchev–Trinajstić information content (AvgIpc) is 2.85. The molecule has 0 radical (unpaired) electrons. The van der Waals surface area contributed by atoms with Gasteiger partial charge in [0.1, 0.15) is 23.9 Å². The Hall–Kier alpha value is -3.70. The number of phenols is 1. The van der Waals surface area contributed by atoms with Crippen LogP contribution >= 0.6 is 11.8 Å². The summed E-state index contributed by atoms with van der Waals surface area (Å²) in [6, 6.07) is 23.7. The molecular weight excluding hydrogens is 504 g/mol. The second-order valence-electron chi connectivity index (χ2n) is 11.0. The molecule has 0 amide bonds. The molecule has 0 aromatic heterocycles.